The summed E-state index contributed by atoms with van der Waals surface area (Å²) in [6.45, 7) is 3.09. The van der Waals surface area contributed by atoms with Gasteiger partial charge in [0.15, 0.2) is 0 Å². The number of nitriles is 1. The molecule has 1 fully saturated rings. The molecule has 0 radical (unpaired) electrons. The third-order valence-corrected chi connectivity index (χ3v) is 4.15. The van der Waals surface area contributed by atoms with Crippen LogP contribution in [-0.4, -0.2) is 24.5 Å². The van der Waals surface area contributed by atoms with Crippen molar-refractivity contribution in [2.24, 2.45) is 5.73 Å². The Hall–Kier alpha value is -1.08. The summed E-state index contributed by atoms with van der Waals surface area (Å²) in [6, 6.07) is 9.61. The second-order valence-corrected chi connectivity index (χ2v) is 5.62. The van der Waals surface area contributed by atoms with Crippen LogP contribution in [0.5, 0.6) is 0 Å². The van der Waals surface area contributed by atoms with Gasteiger partial charge in [-0.3, -0.25) is 0 Å². The molecule has 1 aromatic carbocycles. The summed E-state index contributed by atoms with van der Waals surface area (Å²) < 4.78 is 0. The van der Waals surface area contributed by atoms with Gasteiger partial charge in [0.05, 0.1) is 6.07 Å². The Morgan fingerprint density at radius 3 is 2.58 bits per heavy atom. The standard InChI is InChI=1S/C15H20ClN3/c16-14-7-3-2-6-13(14)15(18,12-17)8-11-19-9-4-1-5-10-19/h2-3,6-7H,1,4-5,8-11,18H2. The predicted octanol–water partition coefficient (Wildman–Crippen LogP) is 2.89. The summed E-state index contributed by atoms with van der Waals surface area (Å²) in [5.74, 6) is 0. The van der Waals surface area contributed by atoms with Crippen LogP contribution in [0.3, 0.4) is 0 Å². The van der Waals surface area contributed by atoms with Crippen LogP contribution in [0.15, 0.2) is 24.3 Å². The van der Waals surface area contributed by atoms with Gasteiger partial charge in [-0.05, 0) is 38.4 Å². The Labute approximate surface area is 120 Å². The number of nitrogens with two attached hydrogens (primary N) is 1. The number of likely N-dealkylation sites (tertiary alicyclic amines) is 1. The summed E-state index contributed by atoms with van der Waals surface area (Å²) in [4.78, 5) is 2.39. The molecule has 2 N–H and O–H groups in total. The van der Waals surface area contributed by atoms with Crippen LogP contribution >= 0.6 is 11.6 Å². The lowest BCUT2D eigenvalue weighted by Gasteiger charge is -2.30. The van der Waals surface area contributed by atoms with E-state index in [4.69, 9.17) is 17.3 Å². The summed E-state index contributed by atoms with van der Waals surface area (Å²) in [6.07, 6.45) is 4.42. The van der Waals surface area contributed by atoms with Crippen molar-refractivity contribution < 1.29 is 0 Å². The van der Waals surface area contributed by atoms with Crippen LogP contribution in [0.25, 0.3) is 0 Å². The van der Waals surface area contributed by atoms with Crippen LogP contribution in [0, 0.1) is 11.3 Å². The van der Waals surface area contributed by atoms with Gasteiger partial charge in [-0.2, -0.15) is 5.26 Å². The maximum absolute atomic E-state index is 9.44. The van der Waals surface area contributed by atoms with E-state index in [1.165, 1.54) is 19.3 Å². The first-order valence-electron chi connectivity index (χ1n) is 6.83. The molecule has 1 atom stereocenters. The van der Waals surface area contributed by atoms with Crippen molar-refractivity contribution in [2.75, 3.05) is 19.6 Å². The Kier molecular flexibility index (Phi) is 4.81. The van der Waals surface area contributed by atoms with Crippen molar-refractivity contribution in [3.63, 3.8) is 0 Å². The number of rotatable bonds is 4. The first-order valence-corrected chi connectivity index (χ1v) is 7.21. The maximum Gasteiger partial charge on any atom is 0.132 e. The number of hydrogen-bond donors (Lipinski definition) is 1. The van der Waals surface area contributed by atoms with E-state index in [1.54, 1.807) is 6.07 Å². The number of benzene rings is 1. The Morgan fingerprint density at radius 1 is 1.26 bits per heavy atom. The van der Waals surface area contributed by atoms with Gasteiger partial charge in [-0.25, -0.2) is 0 Å². The molecule has 1 aromatic rings. The molecule has 1 unspecified atom stereocenters. The number of halogens is 1. The molecule has 1 aliphatic rings. The molecule has 0 aliphatic carbocycles. The number of nitrogens with zero attached hydrogens (tertiary/aromatic N) is 2. The van der Waals surface area contributed by atoms with Gasteiger partial charge in [-0.1, -0.05) is 36.2 Å². The number of piperidine rings is 1. The quantitative estimate of drug-likeness (QED) is 0.921. The van der Waals surface area contributed by atoms with Gasteiger partial charge in [0, 0.05) is 17.1 Å². The van der Waals surface area contributed by atoms with Gasteiger partial charge >= 0.3 is 0 Å². The summed E-state index contributed by atoms with van der Waals surface area (Å²) in [5.41, 5.74) is 6.01. The third kappa shape index (κ3) is 3.48. The molecule has 0 spiro atoms. The van der Waals surface area contributed by atoms with Crippen molar-refractivity contribution in [2.45, 2.75) is 31.2 Å². The smallest absolute Gasteiger partial charge is 0.132 e. The van der Waals surface area contributed by atoms with Gasteiger partial charge in [0.25, 0.3) is 0 Å². The fraction of sp³-hybridized carbons (Fsp3) is 0.533. The van der Waals surface area contributed by atoms with Crippen molar-refractivity contribution in [1.29, 1.82) is 5.26 Å². The Bertz CT molecular complexity index is 463. The molecule has 0 saturated carbocycles. The molecule has 0 aromatic heterocycles. The normalized spacial score (nSPS) is 19.6. The van der Waals surface area contributed by atoms with Gasteiger partial charge < -0.3 is 10.6 Å². The van der Waals surface area contributed by atoms with Crippen LogP contribution in [0.1, 0.15) is 31.2 Å². The monoisotopic (exact) mass is 277 g/mol. The van der Waals surface area contributed by atoms with E-state index in [2.05, 4.69) is 11.0 Å². The maximum atomic E-state index is 9.44. The van der Waals surface area contributed by atoms with Gasteiger partial charge in [-0.15, -0.1) is 0 Å². The van der Waals surface area contributed by atoms with E-state index in [-0.39, 0.29) is 0 Å². The average Bonchev–Trinajstić information content (AvgIpc) is 2.46. The van der Waals surface area contributed by atoms with Crippen LogP contribution < -0.4 is 5.73 Å². The van der Waals surface area contributed by atoms with E-state index < -0.39 is 5.54 Å². The summed E-state index contributed by atoms with van der Waals surface area (Å²) in [7, 11) is 0. The largest absolute Gasteiger partial charge is 0.310 e. The second kappa shape index (κ2) is 6.38. The lowest BCUT2D eigenvalue weighted by atomic mass is 9.88. The van der Waals surface area contributed by atoms with E-state index in [9.17, 15) is 5.26 Å². The highest BCUT2D eigenvalue weighted by molar-refractivity contribution is 6.31. The topological polar surface area (TPSA) is 53.1 Å². The molecule has 2 rings (SSSR count). The number of hydrogen-bond acceptors (Lipinski definition) is 3. The van der Waals surface area contributed by atoms with E-state index >= 15 is 0 Å². The molecular formula is C15H20ClN3. The molecule has 1 heterocycles. The van der Waals surface area contributed by atoms with E-state index in [0.717, 1.165) is 25.2 Å². The fourth-order valence-electron chi connectivity index (χ4n) is 2.59. The van der Waals surface area contributed by atoms with E-state index in [0.29, 0.717) is 11.4 Å². The highest BCUT2D eigenvalue weighted by Crippen LogP contribution is 2.28. The van der Waals surface area contributed by atoms with Gasteiger partial charge in [0.1, 0.15) is 5.54 Å². The van der Waals surface area contributed by atoms with Crippen LogP contribution in [0.2, 0.25) is 5.02 Å². The molecule has 0 bridgehead atoms. The van der Waals surface area contributed by atoms with Crippen molar-refractivity contribution in [1.82, 2.24) is 4.90 Å². The molecule has 102 valence electrons. The third-order valence-electron chi connectivity index (χ3n) is 3.83. The molecule has 0 amide bonds. The zero-order valence-corrected chi connectivity index (χ0v) is 11.9. The highest BCUT2D eigenvalue weighted by atomic mass is 35.5. The molecule has 1 saturated heterocycles. The van der Waals surface area contributed by atoms with Crippen LogP contribution in [-0.2, 0) is 5.54 Å². The van der Waals surface area contributed by atoms with Crippen molar-refractivity contribution >= 4 is 11.6 Å². The molecule has 4 heteroatoms. The first-order chi connectivity index (χ1) is 9.15. The lowest BCUT2D eigenvalue weighted by molar-refractivity contribution is 0.214. The van der Waals surface area contributed by atoms with Crippen molar-refractivity contribution in [3.05, 3.63) is 34.9 Å². The lowest BCUT2D eigenvalue weighted by Crippen LogP contribution is -2.41. The Morgan fingerprint density at radius 2 is 1.95 bits per heavy atom. The van der Waals surface area contributed by atoms with Gasteiger partial charge in [0.2, 0.25) is 0 Å². The molecule has 3 nitrogen and oxygen atoms in total. The zero-order chi connectivity index (χ0) is 13.7. The van der Waals surface area contributed by atoms with Crippen molar-refractivity contribution in [3.8, 4) is 6.07 Å². The summed E-state index contributed by atoms with van der Waals surface area (Å²) >= 11 is 6.16. The molecule has 1 aliphatic heterocycles. The minimum atomic E-state index is -0.990. The predicted molar refractivity (Wildman–Crippen MR) is 77.8 cm³/mol. The molecular weight excluding hydrogens is 258 g/mol. The second-order valence-electron chi connectivity index (χ2n) is 5.22. The minimum Gasteiger partial charge on any atom is -0.310 e. The zero-order valence-electron chi connectivity index (χ0n) is 11.1. The fourth-order valence-corrected chi connectivity index (χ4v) is 2.90. The molecule has 19 heavy (non-hydrogen) atoms. The summed E-state index contributed by atoms with van der Waals surface area (Å²) in [5, 5.41) is 10.0. The highest BCUT2D eigenvalue weighted by Gasteiger charge is 2.30. The van der Waals surface area contributed by atoms with E-state index in [1.807, 2.05) is 18.2 Å². The SMILES string of the molecule is N#CC(N)(CCN1CCCCC1)c1ccccc1Cl. The minimum absolute atomic E-state index is 0.574. The van der Waals surface area contributed by atoms with Crippen LogP contribution in [0.4, 0.5) is 0 Å². The first kappa shape index (κ1) is 14.3. The average molecular weight is 278 g/mol. The Balaban J connectivity index is 2.06.